The molecule has 1 aliphatic rings. The average molecular weight is 357 g/mol. The second-order valence-corrected chi connectivity index (χ2v) is 7.06. The maximum absolute atomic E-state index is 11.8. The molecule has 0 unspecified atom stereocenters. The van der Waals surface area contributed by atoms with Crippen LogP contribution in [-0.2, 0) is 0 Å². The lowest BCUT2D eigenvalue weighted by molar-refractivity contribution is 0.0697. The van der Waals surface area contributed by atoms with E-state index in [4.69, 9.17) is 4.52 Å². The van der Waals surface area contributed by atoms with Crippen LogP contribution in [0.4, 0.5) is 5.82 Å². The smallest absolute Gasteiger partial charge is 0.343 e. The number of anilines is 1. The third kappa shape index (κ3) is 3.60. The van der Waals surface area contributed by atoms with Crippen LogP contribution in [0.15, 0.2) is 34.9 Å². The van der Waals surface area contributed by atoms with Gasteiger partial charge in [-0.2, -0.15) is 0 Å². The van der Waals surface area contributed by atoms with Crippen molar-refractivity contribution in [2.45, 2.75) is 44.6 Å². The molecule has 2 N–H and O–H groups in total. The van der Waals surface area contributed by atoms with E-state index in [0.717, 1.165) is 19.4 Å². The molecular weight excluding hydrogens is 330 g/mol. The number of nitrogens with zero attached hydrogens (tertiary/aromatic N) is 2. The van der Waals surface area contributed by atoms with Crippen molar-refractivity contribution in [3.8, 4) is 11.3 Å². The van der Waals surface area contributed by atoms with E-state index in [9.17, 15) is 9.90 Å². The number of rotatable bonds is 7. The van der Waals surface area contributed by atoms with Crippen LogP contribution >= 0.6 is 0 Å². The van der Waals surface area contributed by atoms with Crippen molar-refractivity contribution in [3.05, 3.63) is 35.9 Å². The van der Waals surface area contributed by atoms with Gasteiger partial charge in [-0.3, -0.25) is 4.90 Å². The van der Waals surface area contributed by atoms with E-state index >= 15 is 0 Å². The van der Waals surface area contributed by atoms with Gasteiger partial charge in [0.05, 0.1) is 0 Å². The zero-order valence-corrected chi connectivity index (χ0v) is 15.5. The summed E-state index contributed by atoms with van der Waals surface area (Å²) >= 11 is 0. The maximum Gasteiger partial charge on any atom is 0.343 e. The molecule has 6 nitrogen and oxygen atoms in total. The van der Waals surface area contributed by atoms with Gasteiger partial charge < -0.3 is 14.9 Å². The number of likely N-dealkylation sites (N-methyl/N-ethyl adjacent to an activating group) is 1. The largest absolute Gasteiger partial charge is 0.477 e. The van der Waals surface area contributed by atoms with E-state index in [1.807, 2.05) is 30.3 Å². The lowest BCUT2D eigenvalue weighted by Crippen LogP contribution is -2.52. The molecule has 1 fully saturated rings. The number of carbonyl (C=O) groups is 1. The Morgan fingerprint density at radius 3 is 2.58 bits per heavy atom. The molecule has 0 amide bonds. The summed E-state index contributed by atoms with van der Waals surface area (Å²) in [5.74, 6) is -0.429. The predicted molar refractivity (Wildman–Crippen MR) is 102 cm³/mol. The Balaban J connectivity index is 1.85. The van der Waals surface area contributed by atoms with Crippen LogP contribution in [0.2, 0.25) is 0 Å². The van der Waals surface area contributed by atoms with Crippen LogP contribution < -0.4 is 5.32 Å². The van der Waals surface area contributed by atoms with Gasteiger partial charge in [-0.25, -0.2) is 4.79 Å². The van der Waals surface area contributed by atoms with E-state index < -0.39 is 5.97 Å². The summed E-state index contributed by atoms with van der Waals surface area (Å²) in [4.78, 5) is 14.2. The Morgan fingerprint density at radius 2 is 1.96 bits per heavy atom. The molecule has 0 saturated heterocycles. The van der Waals surface area contributed by atoms with E-state index in [1.54, 1.807) is 0 Å². The standard InChI is InChI=1S/C20H27N3O3/c1-3-23(2)20(12-8-5-9-13-20)14-21-18-16(19(24)25)17(26-22-18)15-10-6-4-7-11-15/h4,6-7,10-11H,3,5,8-9,12-14H2,1-2H3,(H,21,22)(H,24,25). The fourth-order valence-corrected chi connectivity index (χ4v) is 3.88. The molecule has 0 spiro atoms. The molecule has 1 heterocycles. The lowest BCUT2D eigenvalue weighted by Gasteiger charge is -2.44. The summed E-state index contributed by atoms with van der Waals surface area (Å²) in [6.07, 6.45) is 5.88. The number of aromatic nitrogens is 1. The molecule has 3 rings (SSSR count). The highest BCUT2D eigenvalue weighted by Crippen LogP contribution is 2.34. The van der Waals surface area contributed by atoms with E-state index in [-0.39, 0.29) is 11.1 Å². The highest BCUT2D eigenvalue weighted by molar-refractivity contribution is 5.99. The average Bonchev–Trinajstić information content (AvgIpc) is 3.11. The van der Waals surface area contributed by atoms with E-state index in [0.29, 0.717) is 23.7 Å². The Labute approximate surface area is 154 Å². The first-order chi connectivity index (χ1) is 12.6. The lowest BCUT2D eigenvalue weighted by atomic mass is 9.80. The number of hydrogen-bond donors (Lipinski definition) is 2. The number of hydrogen-bond acceptors (Lipinski definition) is 5. The molecule has 2 aromatic rings. The van der Waals surface area contributed by atoms with Gasteiger partial charge >= 0.3 is 5.97 Å². The Kier molecular flexibility index (Phi) is 5.61. The highest BCUT2D eigenvalue weighted by atomic mass is 16.5. The molecular formula is C20H27N3O3. The Bertz CT molecular complexity index is 736. The summed E-state index contributed by atoms with van der Waals surface area (Å²) in [5.41, 5.74) is 0.846. The van der Waals surface area contributed by atoms with Gasteiger partial charge in [0, 0.05) is 17.6 Å². The minimum Gasteiger partial charge on any atom is -0.477 e. The second-order valence-electron chi connectivity index (χ2n) is 7.06. The van der Waals surface area contributed by atoms with E-state index in [2.05, 4.69) is 29.3 Å². The number of carboxylic acids is 1. The minimum atomic E-state index is -1.03. The van der Waals surface area contributed by atoms with Crippen molar-refractivity contribution in [2.75, 3.05) is 25.5 Å². The third-order valence-electron chi connectivity index (χ3n) is 5.60. The second kappa shape index (κ2) is 7.91. The maximum atomic E-state index is 11.8. The molecule has 0 atom stereocenters. The fourth-order valence-electron chi connectivity index (χ4n) is 3.88. The fraction of sp³-hybridized carbons (Fsp3) is 0.500. The monoisotopic (exact) mass is 357 g/mol. The van der Waals surface area contributed by atoms with Crippen LogP contribution in [0.5, 0.6) is 0 Å². The van der Waals surface area contributed by atoms with Gasteiger partial charge in [0.25, 0.3) is 0 Å². The molecule has 140 valence electrons. The summed E-state index contributed by atoms with van der Waals surface area (Å²) in [5, 5.41) is 17.0. The molecule has 1 aliphatic carbocycles. The highest BCUT2D eigenvalue weighted by Gasteiger charge is 2.36. The van der Waals surface area contributed by atoms with Crippen LogP contribution in [0.25, 0.3) is 11.3 Å². The summed E-state index contributed by atoms with van der Waals surface area (Å²) in [6, 6.07) is 9.23. The molecule has 0 bridgehead atoms. The zero-order valence-electron chi connectivity index (χ0n) is 15.5. The quantitative estimate of drug-likeness (QED) is 0.776. The van der Waals surface area contributed by atoms with Crippen molar-refractivity contribution in [1.82, 2.24) is 10.1 Å². The van der Waals surface area contributed by atoms with Gasteiger partial charge in [0.2, 0.25) is 0 Å². The summed E-state index contributed by atoms with van der Waals surface area (Å²) < 4.78 is 5.40. The molecule has 26 heavy (non-hydrogen) atoms. The van der Waals surface area contributed by atoms with Crippen LogP contribution in [0, 0.1) is 0 Å². The number of nitrogens with one attached hydrogen (secondary N) is 1. The number of aromatic carboxylic acids is 1. The van der Waals surface area contributed by atoms with Gasteiger partial charge in [0.15, 0.2) is 17.1 Å². The molecule has 1 aromatic heterocycles. The topological polar surface area (TPSA) is 78.6 Å². The molecule has 1 aromatic carbocycles. The van der Waals surface area contributed by atoms with Crippen molar-refractivity contribution in [3.63, 3.8) is 0 Å². The molecule has 1 saturated carbocycles. The Morgan fingerprint density at radius 1 is 1.27 bits per heavy atom. The number of benzene rings is 1. The van der Waals surface area contributed by atoms with Crippen molar-refractivity contribution >= 4 is 11.8 Å². The summed E-state index contributed by atoms with van der Waals surface area (Å²) in [6.45, 7) is 3.78. The predicted octanol–water partition coefficient (Wildman–Crippen LogP) is 4.11. The molecule has 0 radical (unpaired) electrons. The third-order valence-corrected chi connectivity index (χ3v) is 5.60. The van der Waals surface area contributed by atoms with Crippen LogP contribution in [0.1, 0.15) is 49.4 Å². The van der Waals surface area contributed by atoms with Gasteiger partial charge in [-0.05, 0) is 26.4 Å². The minimum absolute atomic E-state index is 0.0363. The van der Waals surface area contributed by atoms with Gasteiger partial charge in [0.1, 0.15) is 0 Å². The number of carboxylic acid groups (broad SMARTS) is 1. The normalized spacial score (nSPS) is 16.6. The first-order valence-corrected chi connectivity index (χ1v) is 9.31. The van der Waals surface area contributed by atoms with Crippen LogP contribution in [0.3, 0.4) is 0 Å². The molecule has 6 heteroatoms. The first-order valence-electron chi connectivity index (χ1n) is 9.31. The Hall–Kier alpha value is -2.34. The van der Waals surface area contributed by atoms with Gasteiger partial charge in [-0.1, -0.05) is 61.7 Å². The molecule has 0 aliphatic heterocycles. The zero-order chi connectivity index (χ0) is 18.6. The first kappa shape index (κ1) is 18.5. The van der Waals surface area contributed by atoms with Crippen molar-refractivity contribution in [1.29, 1.82) is 0 Å². The van der Waals surface area contributed by atoms with E-state index in [1.165, 1.54) is 19.3 Å². The van der Waals surface area contributed by atoms with Crippen molar-refractivity contribution < 1.29 is 14.4 Å². The van der Waals surface area contributed by atoms with Gasteiger partial charge in [-0.15, -0.1) is 0 Å². The summed E-state index contributed by atoms with van der Waals surface area (Å²) in [7, 11) is 2.14. The SMILES string of the molecule is CCN(C)C1(CNc2noc(-c3ccccc3)c2C(=O)O)CCCCC1. The van der Waals surface area contributed by atoms with Crippen molar-refractivity contribution in [2.24, 2.45) is 0 Å². The van der Waals surface area contributed by atoms with Crippen LogP contribution in [-0.4, -0.2) is 46.8 Å².